The van der Waals surface area contributed by atoms with Gasteiger partial charge in [0.05, 0.1) is 23.2 Å². The first-order valence-corrected chi connectivity index (χ1v) is 11.3. The zero-order valence-corrected chi connectivity index (χ0v) is 18.1. The van der Waals surface area contributed by atoms with E-state index in [-0.39, 0.29) is 24.4 Å². The summed E-state index contributed by atoms with van der Waals surface area (Å²) >= 11 is 7.67. The van der Waals surface area contributed by atoms with Crippen molar-refractivity contribution < 1.29 is 9.59 Å². The Morgan fingerprint density at radius 2 is 1.80 bits per heavy atom. The first kappa shape index (κ1) is 20.6. The van der Waals surface area contributed by atoms with Gasteiger partial charge in [-0.1, -0.05) is 48.0 Å². The topological polar surface area (TPSA) is 58.2 Å². The van der Waals surface area contributed by atoms with Crippen molar-refractivity contribution in [1.29, 1.82) is 0 Å². The molecule has 3 aromatic rings. The molecule has 1 aliphatic rings. The number of halogens is 1. The van der Waals surface area contributed by atoms with Crippen LogP contribution >= 0.6 is 22.9 Å². The standard InChI is InChI=1S/C24H23ClN2O2S/c25-20-9-4-3-8-19(20)24(29)26-15-22(28)27-23(21-10-5-13-30-21)18-12-11-16-6-1-2-7-17(16)14-18/h3-5,8-14,23H,1-2,6-7,15H2,(H,26,29)(H,27,28). The summed E-state index contributed by atoms with van der Waals surface area (Å²) in [5, 5.41) is 8.12. The molecule has 1 atom stereocenters. The Kier molecular flexibility index (Phi) is 6.50. The van der Waals surface area contributed by atoms with E-state index in [0.29, 0.717) is 10.6 Å². The summed E-state index contributed by atoms with van der Waals surface area (Å²) in [6.45, 7) is -0.114. The van der Waals surface area contributed by atoms with Gasteiger partial charge >= 0.3 is 0 Å². The normalized spacial score (nSPS) is 13.9. The predicted molar refractivity (Wildman–Crippen MR) is 121 cm³/mol. The number of aryl methyl sites for hydroxylation is 2. The van der Waals surface area contributed by atoms with Gasteiger partial charge in [0.15, 0.2) is 0 Å². The molecule has 154 valence electrons. The molecular weight excluding hydrogens is 416 g/mol. The van der Waals surface area contributed by atoms with E-state index in [4.69, 9.17) is 11.6 Å². The molecule has 0 aliphatic heterocycles. The van der Waals surface area contributed by atoms with E-state index in [9.17, 15) is 9.59 Å². The van der Waals surface area contributed by atoms with Gasteiger partial charge in [-0.15, -0.1) is 11.3 Å². The maximum absolute atomic E-state index is 12.7. The van der Waals surface area contributed by atoms with Gasteiger partial charge < -0.3 is 10.6 Å². The number of hydrogen-bond acceptors (Lipinski definition) is 3. The molecule has 6 heteroatoms. The second-order valence-electron chi connectivity index (χ2n) is 7.41. The van der Waals surface area contributed by atoms with E-state index in [1.54, 1.807) is 35.6 Å². The number of fused-ring (bicyclic) bond motifs is 1. The SMILES string of the molecule is O=C(CNC(=O)c1ccccc1Cl)NC(c1ccc2c(c1)CCCC2)c1cccs1. The Labute approximate surface area is 185 Å². The molecule has 2 aromatic carbocycles. The summed E-state index contributed by atoms with van der Waals surface area (Å²) in [6, 6.07) is 17.1. The van der Waals surface area contributed by atoms with Crippen molar-refractivity contribution in [2.75, 3.05) is 6.54 Å². The molecule has 4 nitrogen and oxygen atoms in total. The van der Waals surface area contributed by atoms with Crippen molar-refractivity contribution >= 4 is 34.8 Å². The van der Waals surface area contributed by atoms with Gasteiger partial charge in [-0.05, 0) is 66.0 Å². The fourth-order valence-electron chi connectivity index (χ4n) is 3.82. The lowest BCUT2D eigenvalue weighted by Crippen LogP contribution is -2.39. The van der Waals surface area contributed by atoms with Gasteiger partial charge in [-0.25, -0.2) is 0 Å². The van der Waals surface area contributed by atoms with Gasteiger partial charge in [-0.3, -0.25) is 9.59 Å². The lowest BCUT2D eigenvalue weighted by molar-refractivity contribution is -0.120. The van der Waals surface area contributed by atoms with Crippen molar-refractivity contribution in [3.8, 4) is 0 Å². The number of amides is 2. The summed E-state index contributed by atoms with van der Waals surface area (Å²) < 4.78 is 0. The van der Waals surface area contributed by atoms with E-state index in [0.717, 1.165) is 23.3 Å². The molecule has 1 unspecified atom stereocenters. The third-order valence-corrected chi connectivity index (χ3v) is 6.63. The third kappa shape index (κ3) is 4.74. The van der Waals surface area contributed by atoms with Crippen LogP contribution in [0.15, 0.2) is 60.0 Å². The molecule has 2 N–H and O–H groups in total. The highest BCUT2D eigenvalue weighted by Crippen LogP contribution is 2.30. The summed E-state index contributed by atoms with van der Waals surface area (Å²) in [5.74, 6) is -0.608. The molecule has 0 spiro atoms. The molecule has 1 heterocycles. The van der Waals surface area contributed by atoms with Crippen LogP contribution in [0.25, 0.3) is 0 Å². The minimum Gasteiger partial charge on any atom is -0.343 e. The fourth-order valence-corrected chi connectivity index (χ4v) is 4.84. The van der Waals surface area contributed by atoms with Gasteiger partial charge in [0.1, 0.15) is 0 Å². The van der Waals surface area contributed by atoms with Crippen LogP contribution in [0.1, 0.15) is 50.8 Å². The molecule has 1 aliphatic carbocycles. The Hall–Kier alpha value is -2.63. The number of nitrogens with one attached hydrogen (secondary N) is 2. The molecule has 0 saturated heterocycles. The van der Waals surface area contributed by atoms with Crippen LogP contribution in [0.2, 0.25) is 5.02 Å². The molecule has 0 bridgehead atoms. The predicted octanol–water partition coefficient (Wildman–Crippen LogP) is 4.92. The number of carbonyl (C=O) groups is 2. The van der Waals surface area contributed by atoms with Crippen LogP contribution in [-0.4, -0.2) is 18.4 Å². The highest BCUT2D eigenvalue weighted by Gasteiger charge is 2.20. The number of rotatable bonds is 6. The average molecular weight is 439 g/mol. The van der Waals surface area contributed by atoms with Gasteiger partial charge in [0.2, 0.25) is 5.91 Å². The molecular formula is C24H23ClN2O2S. The fraction of sp³-hybridized carbons (Fsp3) is 0.250. The minimum absolute atomic E-state index is 0.114. The largest absolute Gasteiger partial charge is 0.343 e. The van der Waals surface area contributed by atoms with Crippen molar-refractivity contribution in [3.63, 3.8) is 0 Å². The molecule has 0 radical (unpaired) electrons. The summed E-state index contributed by atoms with van der Waals surface area (Å²) in [4.78, 5) is 26.1. The molecule has 0 saturated carbocycles. The monoisotopic (exact) mass is 438 g/mol. The minimum atomic E-state index is -0.364. The van der Waals surface area contributed by atoms with Crippen LogP contribution in [0.3, 0.4) is 0 Å². The van der Waals surface area contributed by atoms with Crippen molar-refractivity contribution in [2.24, 2.45) is 0 Å². The number of hydrogen-bond donors (Lipinski definition) is 2. The van der Waals surface area contributed by atoms with Gasteiger partial charge in [-0.2, -0.15) is 0 Å². The lowest BCUT2D eigenvalue weighted by Gasteiger charge is -2.22. The van der Waals surface area contributed by atoms with E-state index >= 15 is 0 Å². The molecule has 0 fully saturated rings. The Morgan fingerprint density at radius 1 is 1.00 bits per heavy atom. The molecule has 1 aromatic heterocycles. The zero-order chi connectivity index (χ0) is 20.9. The lowest BCUT2D eigenvalue weighted by atomic mass is 9.89. The molecule has 2 amide bonds. The van der Waals surface area contributed by atoms with Crippen LogP contribution in [0.5, 0.6) is 0 Å². The van der Waals surface area contributed by atoms with Crippen molar-refractivity contribution in [2.45, 2.75) is 31.7 Å². The number of benzene rings is 2. The Bertz CT molecular complexity index is 1050. The first-order valence-electron chi connectivity index (χ1n) is 10.1. The van der Waals surface area contributed by atoms with Crippen LogP contribution in [0, 0.1) is 0 Å². The quantitative estimate of drug-likeness (QED) is 0.574. The highest BCUT2D eigenvalue weighted by molar-refractivity contribution is 7.10. The molecule has 4 rings (SSSR count). The average Bonchev–Trinajstić information content (AvgIpc) is 3.30. The third-order valence-electron chi connectivity index (χ3n) is 5.37. The number of thiophene rings is 1. The highest BCUT2D eigenvalue weighted by atomic mass is 35.5. The van der Waals surface area contributed by atoms with Gasteiger partial charge in [0, 0.05) is 4.88 Å². The summed E-state index contributed by atoms with van der Waals surface area (Å²) in [5.41, 5.74) is 4.22. The Balaban J connectivity index is 1.47. The first-order chi connectivity index (χ1) is 14.6. The summed E-state index contributed by atoms with van der Waals surface area (Å²) in [7, 11) is 0. The maximum Gasteiger partial charge on any atom is 0.253 e. The number of carbonyl (C=O) groups excluding carboxylic acids is 2. The van der Waals surface area contributed by atoms with E-state index in [1.807, 2.05) is 17.5 Å². The zero-order valence-electron chi connectivity index (χ0n) is 16.5. The van der Waals surface area contributed by atoms with Gasteiger partial charge in [0.25, 0.3) is 5.91 Å². The van der Waals surface area contributed by atoms with E-state index < -0.39 is 0 Å². The van der Waals surface area contributed by atoms with Crippen LogP contribution in [-0.2, 0) is 17.6 Å². The van der Waals surface area contributed by atoms with Crippen LogP contribution in [0.4, 0.5) is 0 Å². The van der Waals surface area contributed by atoms with Crippen LogP contribution < -0.4 is 10.6 Å². The second kappa shape index (κ2) is 9.45. The van der Waals surface area contributed by atoms with E-state index in [1.165, 1.54) is 24.0 Å². The molecule has 30 heavy (non-hydrogen) atoms. The van der Waals surface area contributed by atoms with Crippen molar-refractivity contribution in [1.82, 2.24) is 10.6 Å². The second-order valence-corrected chi connectivity index (χ2v) is 8.80. The van der Waals surface area contributed by atoms with E-state index in [2.05, 4.69) is 28.8 Å². The Morgan fingerprint density at radius 3 is 2.57 bits per heavy atom. The smallest absolute Gasteiger partial charge is 0.253 e. The van der Waals surface area contributed by atoms with Crippen molar-refractivity contribution in [3.05, 3.63) is 92.1 Å². The maximum atomic E-state index is 12.7. The summed E-state index contributed by atoms with van der Waals surface area (Å²) in [6.07, 6.45) is 4.66.